The maximum absolute atomic E-state index is 12.6. The van der Waals surface area contributed by atoms with Crippen LogP contribution in [0.3, 0.4) is 0 Å². The number of aryl methyl sites for hydroxylation is 1. The minimum absolute atomic E-state index is 0.122. The van der Waals surface area contributed by atoms with Gasteiger partial charge >= 0.3 is 0 Å². The molecular formula is C18H14N4OS. The van der Waals surface area contributed by atoms with E-state index in [1.54, 1.807) is 6.21 Å². The molecule has 1 N–H and O–H groups in total. The molecule has 5 nitrogen and oxygen atoms in total. The van der Waals surface area contributed by atoms with E-state index in [1.165, 1.54) is 16.0 Å². The molecular weight excluding hydrogens is 320 g/mol. The van der Waals surface area contributed by atoms with Crippen LogP contribution in [0.1, 0.15) is 11.3 Å². The highest BCUT2D eigenvalue weighted by atomic mass is 32.1. The molecule has 4 aromatic rings. The number of hydrogen-bond acceptors (Lipinski definition) is 4. The van der Waals surface area contributed by atoms with Crippen molar-refractivity contribution in [3.05, 3.63) is 76.2 Å². The highest BCUT2D eigenvalue weighted by Gasteiger charge is 2.10. The quantitative estimate of drug-likeness (QED) is 0.579. The molecule has 24 heavy (non-hydrogen) atoms. The molecule has 0 atom stereocenters. The van der Waals surface area contributed by atoms with E-state index >= 15 is 0 Å². The lowest BCUT2D eigenvalue weighted by Crippen LogP contribution is -2.17. The average molecular weight is 334 g/mol. The molecule has 0 aliphatic heterocycles. The van der Waals surface area contributed by atoms with Crippen molar-refractivity contribution in [1.82, 2.24) is 14.8 Å². The molecule has 2 aromatic heterocycles. The molecule has 0 aliphatic rings. The van der Waals surface area contributed by atoms with Gasteiger partial charge in [-0.1, -0.05) is 41.7 Å². The number of thiazole rings is 1. The Hall–Kier alpha value is -2.99. The summed E-state index contributed by atoms with van der Waals surface area (Å²) in [6.45, 7) is 1.86. The highest BCUT2D eigenvalue weighted by molar-refractivity contribution is 7.22. The summed E-state index contributed by atoms with van der Waals surface area (Å²) in [6, 6.07) is 17.4. The summed E-state index contributed by atoms with van der Waals surface area (Å²) < 4.78 is 2.60. The van der Waals surface area contributed by atoms with Crippen LogP contribution in [-0.4, -0.2) is 21.0 Å². The molecule has 0 amide bonds. The SMILES string of the molecule is Cc1[nH]n(-c2ccccc2)c(=O)c1/C=N/c1nc2ccccc2s1. The van der Waals surface area contributed by atoms with E-state index in [1.807, 2.05) is 61.5 Å². The Kier molecular flexibility index (Phi) is 3.59. The van der Waals surface area contributed by atoms with Crippen LogP contribution in [-0.2, 0) is 0 Å². The number of hydrogen-bond donors (Lipinski definition) is 1. The third-order valence-corrected chi connectivity index (χ3v) is 4.66. The molecule has 0 radical (unpaired) electrons. The lowest BCUT2D eigenvalue weighted by atomic mass is 10.3. The van der Waals surface area contributed by atoms with Gasteiger partial charge in [-0.25, -0.2) is 14.7 Å². The van der Waals surface area contributed by atoms with Gasteiger partial charge < -0.3 is 0 Å². The average Bonchev–Trinajstić information content (AvgIpc) is 3.14. The van der Waals surface area contributed by atoms with E-state index in [9.17, 15) is 4.79 Å². The lowest BCUT2D eigenvalue weighted by molar-refractivity contribution is 0.835. The van der Waals surface area contributed by atoms with Gasteiger partial charge in [-0.2, -0.15) is 0 Å². The Bertz CT molecular complexity index is 1060. The molecule has 0 unspecified atom stereocenters. The molecule has 0 saturated heterocycles. The third kappa shape index (κ3) is 2.57. The van der Waals surface area contributed by atoms with Crippen LogP contribution in [0.4, 0.5) is 5.13 Å². The number of nitrogens with one attached hydrogen (secondary N) is 1. The van der Waals surface area contributed by atoms with Crippen molar-refractivity contribution in [2.24, 2.45) is 4.99 Å². The molecule has 0 saturated carbocycles. The zero-order chi connectivity index (χ0) is 16.5. The van der Waals surface area contributed by atoms with Gasteiger partial charge in [0.1, 0.15) is 0 Å². The highest BCUT2D eigenvalue weighted by Crippen LogP contribution is 2.27. The topological polar surface area (TPSA) is 63.0 Å². The van der Waals surface area contributed by atoms with Crippen molar-refractivity contribution in [2.45, 2.75) is 6.92 Å². The second kappa shape index (κ2) is 5.90. The Morgan fingerprint density at radius 2 is 1.88 bits per heavy atom. The number of aromatic amines is 1. The van der Waals surface area contributed by atoms with Crippen LogP contribution in [0.15, 0.2) is 64.4 Å². The Balaban J connectivity index is 1.72. The largest absolute Gasteiger partial charge is 0.295 e. The number of aliphatic imine (C=N–C) groups is 1. The van der Waals surface area contributed by atoms with E-state index in [-0.39, 0.29) is 5.56 Å². The van der Waals surface area contributed by atoms with E-state index in [4.69, 9.17) is 0 Å². The molecule has 0 fully saturated rings. The van der Waals surface area contributed by atoms with Crippen molar-refractivity contribution < 1.29 is 0 Å². The van der Waals surface area contributed by atoms with Crippen molar-refractivity contribution >= 4 is 32.9 Å². The summed E-state index contributed by atoms with van der Waals surface area (Å²) in [5.41, 5.74) is 2.91. The van der Waals surface area contributed by atoms with E-state index in [0.717, 1.165) is 21.6 Å². The second-order valence-corrected chi connectivity index (χ2v) is 6.36. The molecule has 118 valence electrons. The monoisotopic (exact) mass is 334 g/mol. The number of H-pyrrole nitrogens is 1. The Morgan fingerprint density at radius 3 is 2.67 bits per heavy atom. The molecule has 2 aromatic carbocycles. The summed E-state index contributed by atoms with van der Waals surface area (Å²) in [5, 5.41) is 3.73. The van der Waals surface area contributed by atoms with Crippen molar-refractivity contribution in [3.8, 4) is 5.69 Å². The van der Waals surface area contributed by atoms with Crippen molar-refractivity contribution in [2.75, 3.05) is 0 Å². The van der Waals surface area contributed by atoms with Gasteiger partial charge in [-0.3, -0.25) is 9.89 Å². The predicted octanol–water partition coefficient (Wildman–Crippen LogP) is 3.83. The number of nitrogens with zero attached hydrogens (tertiary/aromatic N) is 3. The van der Waals surface area contributed by atoms with Gasteiger partial charge in [-0.05, 0) is 31.2 Å². The van der Waals surface area contributed by atoms with Gasteiger partial charge in [0.05, 0.1) is 21.5 Å². The third-order valence-electron chi connectivity index (χ3n) is 3.72. The first-order valence-electron chi connectivity index (χ1n) is 7.49. The zero-order valence-corrected chi connectivity index (χ0v) is 13.7. The first-order chi connectivity index (χ1) is 11.7. The molecule has 0 bridgehead atoms. The summed E-state index contributed by atoms with van der Waals surface area (Å²) in [7, 11) is 0. The first-order valence-corrected chi connectivity index (χ1v) is 8.31. The van der Waals surface area contributed by atoms with Crippen LogP contribution in [0, 0.1) is 6.92 Å². The molecule has 6 heteroatoms. The zero-order valence-electron chi connectivity index (χ0n) is 12.9. The van der Waals surface area contributed by atoms with E-state index in [0.29, 0.717) is 10.7 Å². The number of fused-ring (bicyclic) bond motifs is 1. The smallest absolute Gasteiger partial charge is 0.280 e. The maximum atomic E-state index is 12.6. The summed E-state index contributed by atoms with van der Waals surface area (Å²) in [6.07, 6.45) is 1.59. The maximum Gasteiger partial charge on any atom is 0.280 e. The van der Waals surface area contributed by atoms with Crippen LogP contribution >= 0.6 is 11.3 Å². The number of benzene rings is 2. The molecule has 0 aliphatic carbocycles. The predicted molar refractivity (Wildman–Crippen MR) is 98.0 cm³/mol. The van der Waals surface area contributed by atoms with Crippen LogP contribution < -0.4 is 5.56 Å². The van der Waals surface area contributed by atoms with Crippen LogP contribution in [0.25, 0.3) is 15.9 Å². The minimum atomic E-state index is -0.122. The molecule has 2 heterocycles. The number of aromatic nitrogens is 3. The van der Waals surface area contributed by atoms with Crippen molar-refractivity contribution in [3.63, 3.8) is 0 Å². The minimum Gasteiger partial charge on any atom is -0.295 e. The second-order valence-electron chi connectivity index (χ2n) is 5.35. The summed E-state index contributed by atoms with van der Waals surface area (Å²) >= 11 is 1.50. The fourth-order valence-electron chi connectivity index (χ4n) is 2.51. The standard InChI is InChI=1S/C18H14N4OS/c1-12-14(17(23)22(21-12)13-7-3-2-4-8-13)11-19-18-20-15-9-5-6-10-16(15)24-18/h2-11,21H,1H3/b19-11+. The van der Waals surface area contributed by atoms with Gasteiger partial charge in [0, 0.05) is 11.9 Å². The summed E-state index contributed by atoms with van der Waals surface area (Å²) in [4.78, 5) is 21.5. The fraction of sp³-hybridized carbons (Fsp3) is 0.0556. The van der Waals surface area contributed by atoms with Crippen molar-refractivity contribution in [1.29, 1.82) is 0 Å². The van der Waals surface area contributed by atoms with Gasteiger partial charge in [0.25, 0.3) is 5.56 Å². The van der Waals surface area contributed by atoms with E-state index in [2.05, 4.69) is 15.1 Å². The van der Waals surface area contributed by atoms with Crippen LogP contribution in [0.2, 0.25) is 0 Å². The number of rotatable bonds is 3. The van der Waals surface area contributed by atoms with Gasteiger partial charge in [0.15, 0.2) is 0 Å². The Labute approximate surface area is 141 Å². The first kappa shape index (κ1) is 14.6. The van der Waals surface area contributed by atoms with E-state index < -0.39 is 0 Å². The molecule has 4 rings (SSSR count). The fourth-order valence-corrected chi connectivity index (χ4v) is 3.32. The lowest BCUT2D eigenvalue weighted by Gasteiger charge is -1.99. The summed E-state index contributed by atoms with van der Waals surface area (Å²) in [5.74, 6) is 0. The van der Waals surface area contributed by atoms with Gasteiger partial charge in [0.2, 0.25) is 5.13 Å². The number of para-hydroxylation sites is 2. The van der Waals surface area contributed by atoms with Gasteiger partial charge in [-0.15, -0.1) is 0 Å². The van der Waals surface area contributed by atoms with Crippen LogP contribution in [0.5, 0.6) is 0 Å². The molecule has 0 spiro atoms. The Morgan fingerprint density at radius 1 is 1.12 bits per heavy atom. The normalized spacial score (nSPS) is 11.5.